The standard InChI is InChI=1S/C27H29IO6/c1-7-26(3,4)33-17-15-19(29)22-21(16-17)32-24-18(23(22)30)11-12-20(34-27(5,6)8-2)25(24)31-14-10-9-13-28/h7-12,15-16,29H,1-2,13-14H2,3-6H3/b10-9+. The monoisotopic (exact) mass is 576 g/mol. The Kier molecular flexibility index (Phi) is 7.65. The zero-order valence-electron chi connectivity index (χ0n) is 19.8. The minimum atomic E-state index is -0.687. The van der Waals surface area contributed by atoms with Crippen LogP contribution in [0.25, 0.3) is 21.9 Å². The first-order valence-electron chi connectivity index (χ1n) is 10.8. The molecular weight excluding hydrogens is 547 g/mol. The number of ether oxygens (including phenoxy) is 3. The molecule has 0 amide bonds. The zero-order valence-corrected chi connectivity index (χ0v) is 22.0. The summed E-state index contributed by atoms with van der Waals surface area (Å²) >= 11 is 2.24. The van der Waals surface area contributed by atoms with Crippen LogP contribution < -0.4 is 19.6 Å². The zero-order chi connectivity index (χ0) is 25.1. The average Bonchev–Trinajstić information content (AvgIpc) is 2.77. The van der Waals surface area contributed by atoms with Crippen LogP contribution in [0.5, 0.6) is 23.0 Å². The first kappa shape index (κ1) is 25.7. The largest absolute Gasteiger partial charge is 0.507 e. The van der Waals surface area contributed by atoms with Gasteiger partial charge in [-0.3, -0.25) is 4.79 Å². The third-order valence-electron chi connectivity index (χ3n) is 5.13. The maximum Gasteiger partial charge on any atom is 0.205 e. The van der Waals surface area contributed by atoms with E-state index in [2.05, 4.69) is 35.7 Å². The number of aromatic hydroxyl groups is 1. The van der Waals surface area contributed by atoms with E-state index in [-0.39, 0.29) is 39.7 Å². The van der Waals surface area contributed by atoms with Gasteiger partial charge in [0.15, 0.2) is 11.3 Å². The van der Waals surface area contributed by atoms with Crippen LogP contribution in [0, 0.1) is 0 Å². The lowest BCUT2D eigenvalue weighted by Gasteiger charge is -2.24. The molecule has 0 atom stereocenters. The number of phenolic OH excluding ortho intramolecular Hbond substituents is 1. The van der Waals surface area contributed by atoms with E-state index in [4.69, 9.17) is 18.6 Å². The van der Waals surface area contributed by atoms with Crippen LogP contribution in [0.2, 0.25) is 0 Å². The van der Waals surface area contributed by atoms with E-state index in [9.17, 15) is 9.90 Å². The molecule has 6 nitrogen and oxygen atoms in total. The summed E-state index contributed by atoms with van der Waals surface area (Å²) in [5.41, 5.74) is -1.37. The number of fused-ring (bicyclic) bond motifs is 2. The van der Waals surface area contributed by atoms with Crippen LogP contribution in [0.1, 0.15) is 27.7 Å². The molecular formula is C27H29IO6. The van der Waals surface area contributed by atoms with E-state index in [0.717, 1.165) is 4.43 Å². The van der Waals surface area contributed by atoms with Crippen molar-refractivity contribution in [1.82, 2.24) is 0 Å². The smallest absolute Gasteiger partial charge is 0.205 e. The maximum absolute atomic E-state index is 13.3. The minimum absolute atomic E-state index is 0.0621. The predicted molar refractivity (Wildman–Crippen MR) is 145 cm³/mol. The van der Waals surface area contributed by atoms with E-state index in [0.29, 0.717) is 17.2 Å². The molecule has 7 heteroatoms. The average molecular weight is 576 g/mol. The minimum Gasteiger partial charge on any atom is -0.507 e. The van der Waals surface area contributed by atoms with Crippen molar-refractivity contribution in [3.8, 4) is 23.0 Å². The summed E-state index contributed by atoms with van der Waals surface area (Å²) in [6.45, 7) is 15.2. The predicted octanol–water partition coefficient (Wildman–Crippen LogP) is 6.71. The summed E-state index contributed by atoms with van der Waals surface area (Å²) in [5.74, 6) is 0.808. The van der Waals surface area contributed by atoms with Gasteiger partial charge in [0.25, 0.3) is 0 Å². The summed E-state index contributed by atoms with van der Waals surface area (Å²) in [7, 11) is 0. The molecule has 34 heavy (non-hydrogen) atoms. The molecule has 1 aromatic heterocycles. The highest BCUT2D eigenvalue weighted by Crippen LogP contribution is 2.40. The second-order valence-electron chi connectivity index (χ2n) is 8.77. The highest BCUT2D eigenvalue weighted by molar-refractivity contribution is 14.1. The number of benzene rings is 2. The topological polar surface area (TPSA) is 78.1 Å². The molecule has 1 N–H and O–H groups in total. The molecule has 0 aliphatic heterocycles. The van der Waals surface area contributed by atoms with Gasteiger partial charge in [-0.25, -0.2) is 0 Å². The fourth-order valence-electron chi connectivity index (χ4n) is 3.16. The molecule has 3 rings (SSSR count). The van der Waals surface area contributed by atoms with Gasteiger partial charge >= 0.3 is 0 Å². The summed E-state index contributed by atoms with van der Waals surface area (Å²) in [6, 6.07) is 6.23. The van der Waals surface area contributed by atoms with Crippen LogP contribution in [-0.4, -0.2) is 27.3 Å². The van der Waals surface area contributed by atoms with E-state index in [1.54, 1.807) is 30.4 Å². The van der Waals surface area contributed by atoms with E-state index in [1.165, 1.54) is 6.07 Å². The van der Waals surface area contributed by atoms with Crippen molar-refractivity contribution in [2.75, 3.05) is 11.0 Å². The highest BCUT2D eigenvalue weighted by Gasteiger charge is 2.24. The van der Waals surface area contributed by atoms with Crippen molar-refractivity contribution < 1.29 is 23.7 Å². The number of allylic oxidation sites excluding steroid dienone is 1. The fourth-order valence-corrected chi connectivity index (χ4v) is 3.52. The Morgan fingerprint density at radius 3 is 2.38 bits per heavy atom. The van der Waals surface area contributed by atoms with E-state index < -0.39 is 11.2 Å². The van der Waals surface area contributed by atoms with Crippen molar-refractivity contribution in [3.05, 3.63) is 72.0 Å². The SMILES string of the molecule is C=CC(C)(C)Oc1cc(O)c2c(=O)c3ccc(OC(C)(C)C=C)c(OC/C=C/CI)c3oc2c1. The Labute approximate surface area is 212 Å². The number of hydrogen-bond donors (Lipinski definition) is 1. The second-order valence-corrected chi connectivity index (χ2v) is 9.65. The molecule has 0 radical (unpaired) electrons. The molecule has 0 aliphatic rings. The Morgan fingerprint density at radius 2 is 1.74 bits per heavy atom. The van der Waals surface area contributed by atoms with Gasteiger partial charge < -0.3 is 23.7 Å². The normalized spacial score (nSPS) is 12.3. The summed E-state index contributed by atoms with van der Waals surface area (Å²) in [4.78, 5) is 13.3. The number of halogens is 1. The molecule has 0 spiro atoms. The van der Waals surface area contributed by atoms with Crippen LogP contribution in [0.3, 0.4) is 0 Å². The van der Waals surface area contributed by atoms with Crippen molar-refractivity contribution in [3.63, 3.8) is 0 Å². The molecule has 3 aromatic rings. The number of alkyl halides is 1. The molecule has 0 fully saturated rings. The van der Waals surface area contributed by atoms with Crippen LogP contribution >= 0.6 is 22.6 Å². The van der Waals surface area contributed by atoms with Gasteiger partial charge in [0.1, 0.15) is 40.3 Å². The fraction of sp³-hybridized carbons (Fsp3) is 0.296. The third-order valence-corrected chi connectivity index (χ3v) is 5.64. The van der Waals surface area contributed by atoms with Crippen molar-refractivity contribution >= 4 is 44.5 Å². The Hall–Kier alpha value is -2.94. The van der Waals surface area contributed by atoms with Gasteiger partial charge in [-0.05, 0) is 52.0 Å². The number of rotatable bonds is 10. The lowest BCUT2D eigenvalue weighted by molar-refractivity contribution is 0.154. The molecule has 180 valence electrons. The van der Waals surface area contributed by atoms with Crippen LogP contribution in [0.4, 0.5) is 0 Å². The maximum atomic E-state index is 13.3. The van der Waals surface area contributed by atoms with Gasteiger partial charge in [0, 0.05) is 16.6 Å². The van der Waals surface area contributed by atoms with Gasteiger partial charge in [0.2, 0.25) is 11.2 Å². The molecule has 0 saturated heterocycles. The van der Waals surface area contributed by atoms with Crippen LogP contribution in [-0.2, 0) is 0 Å². The Morgan fingerprint density at radius 1 is 1.06 bits per heavy atom. The van der Waals surface area contributed by atoms with Gasteiger partial charge in [-0.1, -0.05) is 47.9 Å². The lowest BCUT2D eigenvalue weighted by Crippen LogP contribution is -2.25. The van der Waals surface area contributed by atoms with E-state index in [1.807, 2.05) is 39.8 Å². The van der Waals surface area contributed by atoms with Crippen molar-refractivity contribution in [2.45, 2.75) is 38.9 Å². The molecule has 1 heterocycles. The quantitative estimate of drug-likeness (QED) is 0.125. The summed E-state index contributed by atoms with van der Waals surface area (Å²) in [6.07, 6.45) is 7.16. The first-order valence-corrected chi connectivity index (χ1v) is 12.3. The van der Waals surface area contributed by atoms with Gasteiger partial charge in [-0.2, -0.15) is 0 Å². The van der Waals surface area contributed by atoms with Crippen molar-refractivity contribution in [1.29, 1.82) is 0 Å². The molecule has 0 saturated carbocycles. The Balaban J connectivity index is 2.27. The lowest BCUT2D eigenvalue weighted by atomic mass is 10.1. The van der Waals surface area contributed by atoms with Crippen LogP contribution in [0.15, 0.2) is 70.9 Å². The molecule has 0 aliphatic carbocycles. The van der Waals surface area contributed by atoms with E-state index >= 15 is 0 Å². The molecule has 2 aromatic carbocycles. The summed E-state index contributed by atoms with van der Waals surface area (Å²) < 4.78 is 25.0. The van der Waals surface area contributed by atoms with Gasteiger partial charge in [0.05, 0.1) is 5.39 Å². The summed E-state index contributed by atoms with van der Waals surface area (Å²) in [5, 5.41) is 11.0. The Bertz CT molecular complexity index is 1320. The second kappa shape index (κ2) is 10.1. The number of hydrogen-bond acceptors (Lipinski definition) is 6. The highest BCUT2D eigenvalue weighted by atomic mass is 127. The molecule has 0 bridgehead atoms. The third kappa shape index (κ3) is 5.58. The van der Waals surface area contributed by atoms with Gasteiger partial charge in [-0.15, -0.1) is 0 Å². The molecule has 0 unspecified atom stereocenters. The van der Waals surface area contributed by atoms with Crippen molar-refractivity contribution in [2.24, 2.45) is 0 Å². The first-order chi connectivity index (χ1) is 16.0. The number of phenols is 1.